The average Bonchev–Trinajstić information content (AvgIpc) is 2.57. The smallest absolute Gasteiger partial charge is 0.250 e. The third kappa shape index (κ3) is 1.48. The lowest BCUT2D eigenvalue weighted by molar-refractivity contribution is 0.752. The number of nitrogens with one attached hydrogen (secondary N) is 2. The lowest BCUT2D eigenvalue weighted by Crippen LogP contribution is -2.33. The number of H-pyrrole nitrogens is 1. The standard InChI is InChI=1S/C10H11N5/c1-3-8-7(2)9(11)15(14-8)10-12-5-4-6-13-10/h3-6,11,14H,2H2,1H3. The first kappa shape index (κ1) is 9.39. The van der Waals surface area contributed by atoms with Gasteiger partial charge in [-0.15, -0.1) is 0 Å². The Bertz CT molecular complexity index is 620. The molecule has 5 heteroatoms. The largest absolute Gasteiger partial charge is 0.289 e. The lowest BCUT2D eigenvalue weighted by atomic mass is 10.4. The molecule has 2 heterocycles. The summed E-state index contributed by atoms with van der Waals surface area (Å²) < 4.78 is 1.50. The predicted molar refractivity (Wildman–Crippen MR) is 56.5 cm³/mol. The molecule has 0 aliphatic rings. The van der Waals surface area contributed by atoms with Crippen LogP contribution in [0, 0.1) is 5.41 Å². The number of hydrogen-bond donors (Lipinski definition) is 2. The van der Waals surface area contributed by atoms with Gasteiger partial charge in [0.25, 0.3) is 5.95 Å². The third-order valence-electron chi connectivity index (χ3n) is 2.11. The van der Waals surface area contributed by atoms with E-state index in [0.717, 1.165) is 5.35 Å². The molecule has 0 saturated heterocycles. The molecule has 0 spiro atoms. The number of rotatable bonds is 1. The van der Waals surface area contributed by atoms with Crippen LogP contribution in [0.1, 0.15) is 6.92 Å². The Labute approximate surface area is 85.9 Å². The first-order chi connectivity index (χ1) is 7.24. The van der Waals surface area contributed by atoms with Crippen molar-refractivity contribution >= 4 is 12.7 Å². The molecule has 0 aromatic carbocycles. The average molecular weight is 201 g/mol. The third-order valence-corrected chi connectivity index (χ3v) is 2.11. The normalized spacial score (nSPS) is 11.9. The molecule has 2 rings (SSSR count). The minimum atomic E-state index is 0.273. The Morgan fingerprint density at radius 2 is 2.13 bits per heavy atom. The Hall–Kier alpha value is -2.17. The Kier molecular flexibility index (Phi) is 2.21. The number of aromatic amines is 1. The van der Waals surface area contributed by atoms with Gasteiger partial charge in [-0.1, -0.05) is 12.7 Å². The minimum absolute atomic E-state index is 0.273. The van der Waals surface area contributed by atoms with Crippen molar-refractivity contribution in [3.05, 3.63) is 34.5 Å². The summed E-state index contributed by atoms with van der Waals surface area (Å²) in [6.45, 7) is 5.70. The van der Waals surface area contributed by atoms with Crippen LogP contribution in [0.2, 0.25) is 0 Å². The molecule has 0 amide bonds. The van der Waals surface area contributed by atoms with Gasteiger partial charge in [-0.3, -0.25) is 10.5 Å². The Morgan fingerprint density at radius 3 is 2.67 bits per heavy atom. The zero-order chi connectivity index (χ0) is 10.8. The van der Waals surface area contributed by atoms with Gasteiger partial charge in [0.1, 0.15) is 0 Å². The molecule has 0 fully saturated rings. The molecule has 5 nitrogen and oxygen atoms in total. The van der Waals surface area contributed by atoms with E-state index in [1.54, 1.807) is 18.5 Å². The van der Waals surface area contributed by atoms with Crippen molar-refractivity contribution in [3.8, 4) is 5.95 Å². The summed E-state index contributed by atoms with van der Waals surface area (Å²) in [5, 5.41) is 12.3. The van der Waals surface area contributed by atoms with Crippen molar-refractivity contribution in [1.29, 1.82) is 5.41 Å². The van der Waals surface area contributed by atoms with E-state index >= 15 is 0 Å². The summed E-state index contributed by atoms with van der Waals surface area (Å²) in [4.78, 5) is 8.11. The molecule has 0 aliphatic heterocycles. The molecule has 76 valence electrons. The highest BCUT2D eigenvalue weighted by molar-refractivity contribution is 5.19. The van der Waals surface area contributed by atoms with E-state index in [-0.39, 0.29) is 5.49 Å². The molecule has 0 bridgehead atoms. The van der Waals surface area contributed by atoms with Crippen LogP contribution in [0.4, 0.5) is 0 Å². The summed E-state index contributed by atoms with van der Waals surface area (Å²) in [6, 6.07) is 1.73. The molecule has 0 atom stereocenters. The zero-order valence-electron chi connectivity index (χ0n) is 8.36. The Morgan fingerprint density at radius 1 is 1.47 bits per heavy atom. The summed E-state index contributed by atoms with van der Waals surface area (Å²) in [7, 11) is 0. The van der Waals surface area contributed by atoms with E-state index in [4.69, 9.17) is 5.41 Å². The molecule has 0 unspecified atom stereocenters. The van der Waals surface area contributed by atoms with Crippen LogP contribution in [0.5, 0.6) is 0 Å². The SMILES string of the molecule is C=c1c(=CC)[nH]n(-c2ncccn2)c1=N. The van der Waals surface area contributed by atoms with E-state index in [2.05, 4.69) is 21.6 Å². The first-order valence-corrected chi connectivity index (χ1v) is 4.52. The highest BCUT2D eigenvalue weighted by atomic mass is 15.3. The zero-order valence-corrected chi connectivity index (χ0v) is 8.36. The summed E-state index contributed by atoms with van der Waals surface area (Å²) in [5.74, 6) is 0.445. The van der Waals surface area contributed by atoms with Crippen LogP contribution in [-0.2, 0) is 0 Å². The van der Waals surface area contributed by atoms with Crippen LogP contribution in [0.15, 0.2) is 18.5 Å². The minimum Gasteiger partial charge on any atom is -0.289 e. The second kappa shape index (κ2) is 3.53. The quantitative estimate of drug-likeness (QED) is 0.639. The van der Waals surface area contributed by atoms with Crippen molar-refractivity contribution < 1.29 is 0 Å². The topological polar surface area (TPSA) is 70.3 Å². The molecular weight excluding hydrogens is 190 g/mol. The summed E-state index contributed by atoms with van der Waals surface area (Å²) >= 11 is 0. The van der Waals surface area contributed by atoms with Crippen LogP contribution in [0.25, 0.3) is 18.6 Å². The van der Waals surface area contributed by atoms with Gasteiger partial charge in [-0.2, -0.15) is 0 Å². The van der Waals surface area contributed by atoms with E-state index in [1.807, 2.05) is 13.0 Å². The van der Waals surface area contributed by atoms with Crippen molar-refractivity contribution in [1.82, 2.24) is 19.7 Å². The van der Waals surface area contributed by atoms with Gasteiger partial charge in [-0.25, -0.2) is 14.6 Å². The van der Waals surface area contributed by atoms with Crippen LogP contribution < -0.4 is 16.1 Å². The molecule has 15 heavy (non-hydrogen) atoms. The monoisotopic (exact) mass is 201 g/mol. The molecule has 2 aromatic heterocycles. The number of nitrogens with zero attached hydrogens (tertiary/aromatic N) is 3. The molecule has 0 saturated carbocycles. The second-order valence-corrected chi connectivity index (χ2v) is 3.03. The van der Waals surface area contributed by atoms with Gasteiger partial charge in [0.15, 0.2) is 5.49 Å². The number of hydrogen-bond acceptors (Lipinski definition) is 3. The van der Waals surface area contributed by atoms with Crippen molar-refractivity contribution in [3.63, 3.8) is 0 Å². The summed E-state index contributed by atoms with van der Waals surface area (Å²) in [6.07, 6.45) is 5.13. The molecule has 2 aromatic rings. The maximum Gasteiger partial charge on any atom is 0.250 e. The van der Waals surface area contributed by atoms with E-state index in [1.165, 1.54) is 4.68 Å². The van der Waals surface area contributed by atoms with Gasteiger partial charge in [0, 0.05) is 17.6 Å². The highest BCUT2D eigenvalue weighted by Gasteiger charge is 2.01. The van der Waals surface area contributed by atoms with Gasteiger partial charge in [0.05, 0.1) is 5.35 Å². The van der Waals surface area contributed by atoms with Crippen LogP contribution >= 0.6 is 0 Å². The predicted octanol–water partition coefficient (Wildman–Crippen LogP) is -0.714. The van der Waals surface area contributed by atoms with E-state index in [9.17, 15) is 0 Å². The first-order valence-electron chi connectivity index (χ1n) is 4.52. The van der Waals surface area contributed by atoms with Gasteiger partial charge >= 0.3 is 0 Å². The molecule has 0 radical (unpaired) electrons. The molecule has 0 aliphatic carbocycles. The maximum atomic E-state index is 7.83. The van der Waals surface area contributed by atoms with Gasteiger partial charge < -0.3 is 0 Å². The molecule has 2 N–H and O–H groups in total. The fourth-order valence-corrected chi connectivity index (χ4v) is 1.30. The van der Waals surface area contributed by atoms with Gasteiger partial charge in [0.2, 0.25) is 0 Å². The second-order valence-electron chi connectivity index (χ2n) is 3.03. The number of aromatic nitrogens is 4. The van der Waals surface area contributed by atoms with Crippen molar-refractivity contribution in [2.24, 2.45) is 0 Å². The van der Waals surface area contributed by atoms with Crippen molar-refractivity contribution in [2.75, 3.05) is 0 Å². The summed E-state index contributed by atoms with van der Waals surface area (Å²) in [5.41, 5.74) is 0.273. The fourth-order valence-electron chi connectivity index (χ4n) is 1.30. The van der Waals surface area contributed by atoms with Crippen molar-refractivity contribution in [2.45, 2.75) is 6.92 Å². The fraction of sp³-hybridized carbons (Fsp3) is 0.100. The van der Waals surface area contributed by atoms with E-state index in [0.29, 0.717) is 11.2 Å². The van der Waals surface area contributed by atoms with Crippen LogP contribution in [0.3, 0.4) is 0 Å². The molecular formula is C10H11N5. The highest BCUT2D eigenvalue weighted by Crippen LogP contribution is 1.87. The lowest BCUT2D eigenvalue weighted by Gasteiger charge is -1.97. The maximum absolute atomic E-state index is 7.83. The van der Waals surface area contributed by atoms with Gasteiger partial charge in [-0.05, 0) is 13.0 Å². The van der Waals surface area contributed by atoms with Crippen LogP contribution in [-0.4, -0.2) is 19.7 Å². The Balaban J connectivity index is 2.77. The van der Waals surface area contributed by atoms with E-state index < -0.39 is 0 Å².